The quantitative estimate of drug-likeness (QED) is 0.312. The van der Waals surface area contributed by atoms with Crippen molar-refractivity contribution in [2.75, 3.05) is 5.43 Å². The first-order valence-corrected chi connectivity index (χ1v) is 9.48. The lowest BCUT2D eigenvalue weighted by molar-refractivity contribution is 1.03. The van der Waals surface area contributed by atoms with E-state index in [9.17, 15) is 0 Å². The van der Waals surface area contributed by atoms with Gasteiger partial charge >= 0.3 is 0 Å². The molecule has 0 fully saturated rings. The van der Waals surface area contributed by atoms with Gasteiger partial charge in [0.1, 0.15) is 0 Å². The fraction of sp³-hybridized carbons (Fsp3) is 0.136. The van der Waals surface area contributed by atoms with E-state index < -0.39 is 0 Å². The Bertz CT molecular complexity index is 964. The van der Waals surface area contributed by atoms with Gasteiger partial charge in [0.2, 0.25) is 0 Å². The fourth-order valence-corrected chi connectivity index (χ4v) is 2.95. The first kappa shape index (κ1) is 19.0. The van der Waals surface area contributed by atoms with Gasteiger partial charge in [0.25, 0.3) is 0 Å². The SMILES string of the molecule is C=CCc1c(C)nc(-c2ccccc2)nc1N/N=C(/C)c1ccc(Br)cc1. The number of nitrogens with zero attached hydrogens (tertiary/aromatic N) is 3. The second-order valence-corrected chi connectivity index (χ2v) is 7.05. The van der Waals surface area contributed by atoms with E-state index in [1.807, 2.05) is 74.5 Å². The van der Waals surface area contributed by atoms with Gasteiger partial charge in [-0.2, -0.15) is 5.10 Å². The predicted octanol–water partition coefficient (Wildman–Crippen LogP) is 5.78. The third-order valence-corrected chi connectivity index (χ3v) is 4.71. The number of halogens is 1. The van der Waals surface area contributed by atoms with Crippen LogP contribution in [0.25, 0.3) is 11.4 Å². The zero-order valence-electron chi connectivity index (χ0n) is 15.4. The summed E-state index contributed by atoms with van der Waals surface area (Å²) in [6.45, 7) is 7.80. The monoisotopic (exact) mass is 420 g/mol. The molecule has 0 saturated carbocycles. The minimum Gasteiger partial charge on any atom is -0.261 e. The number of allylic oxidation sites excluding steroid dienone is 1. The Morgan fingerprint density at radius 2 is 1.81 bits per heavy atom. The molecule has 2 aromatic carbocycles. The van der Waals surface area contributed by atoms with Crippen LogP contribution in [-0.2, 0) is 6.42 Å². The molecule has 0 aliphatic carbocycles. The molecule has 0 aliphatic rings. The van der Waals surface area contributed by atoms with E-state index in [1.54, 1.807) is 0 Å². The zero-order chi connectivity index (χ0) is 19.2. The van der Waals surface area contributed by atoms with E-state index in [4.69, 9.17) is 4.98 Å². The molecule has 1 heterocycles. The van der Waals surface area contributed by atoms with Crippen LogP contribution in [0.1, 0.15) is 23.7 Å². The lowest BCUT2D eigenvalue weighted by Gasteiger charge is -2.12. The second kappa shape index (κ2) is 8.73. The Kier molecular flexibility index (Phi) is 6.14. The number of hydrogen-bond donors (Lipinski definition) is 1. The third-order valence-electron chi connectivity index (χ3n) is 4.19. The number of hydrogen-bond acceptors (Lipinski definition) is 4. The molecule has 0 bridgehead atoms. The van der Waals surface area contributed by atoms with Crippen molar-refractivity contribution < 1.29 is 0 Å². The van der Waals surface area contributed by atoms with Gasteiger partial charge in [-0.15, -0.1) is 6.58 Å². The van der Waals surface area contributed by atoms with Crippen LogP contribution >= 0.6 is 15.9 Å². The molecule has 136 valence electrons. The first-order chi connectivity index (χ1) is 13.1. The number of aryl methyl sites for hydroxylation is 1. The van der Waals surface area contributed by atoms with Gasteiger partial charge in [-0.25, -0.2) is 9.97 Å². The molecule has 0 saturated heterocycles. The van der Waals surface area contributed by atoms with Crippen molar-refractivity contribution in [3.05, 3.63) is 88.5 Å². The lowest BCUT2D eigenvalue weighted by atomic mass is 10.1. The first-order valence-electron chi connectivity index (χ1n) is 8.68. The summed E-state index contributed by atoms with van der Waals surface area (Å²) in [7, 11) is 0. The fourth-order valence-electron chi connectivity index (χ4n) is 2.69. The number of benzene rings is 2. The van der Waals surface area contributed by atoms with Crippen LogP contribution in [0.3, 0.4) is 0 Å². The third kappa shape index (κ3) is 4.68. The van der Waals surface area contributed by atoms with Crippen LogP contribution in [0.15, 0.2) is 76.8 Å². The summed E-state index contributed by atoms with van der Waals surface area (Å²) in [6, 6.07) is 18.0. The highest BCUT2D eigenvalue weighted by Crippen LogP contribution is 2.23. The predicted molar refractivity (Wildman–Crippen MR) is 116 cm³/mol. The number of hydrazone groups is 1. The summed E-state index contributed by atoms with van der Waals surface area (Å²) >= 11 is 3.45. The van der Waals surface area contributed by atoms with Crippen LogP contribution in [0.4, 0.5) is 5.82 Å². The minimum absolute atomic E-state index is 0.677. The van der Waals surface area contributed by atoms with E-state index in [0.717, 1.165) is 32.6 Å². The Hall–Kier alpha value is -2.79. The summed E-state index contributed by atoms with van der Waals surface area (Å²) in [5.74, 6) is 1.39. The van der Waals surface area contributed by atoms with Gasteiger partial charge < -0.3 is 0 Å². The number of aromatic nitrogens is 2. The van der Waals surface area contributed by atoms with Crippen molar-refractivity contribution in [1.82, 2.24) is 9.97 Å². The molecular formula is C22H21BrN4. The molecule has 4 nitrogen and oxygen atoms in total. The molecule has 1 N–H and O–H groups in total. The van der Waals surface area contributed by atoms with Crippen molar-refractivity contribution in [1.29, 1.82) is 0 Å². The van der Waals surface area contributed by atoms with Gasteiger partial charge in [0.15, 0.2) is 11.6 Å². The van der Waals surface area contributed by atoms with E-state index >= 15 is 0 Å². The van der Waals surface area contributed by atoms with Crippen molar-refractivity contribution in [3.63, 3.8) is 0 Å². The van der Waals surface area contributed by atoms with Crippen molar-refractivity contribution in [2.24, 2.45) is 5.10 Å². The average Bonchev–Trinajstić information content (AvgIpc) is 2.69. The molecular weight excluding hydrogens is 400 g/mol. The Morgan fingerprint density at radius 1 is 1.11 bits per heavy atom. The van der Waals surface area contributed by atoms with Crippen LogP contribution in [0.2, 0.25) is 0 Å². The largest absolute Gasteiger partial charge is 0.261 e. The van der Waals surface area contributed by atoms with E-state index in [0.29, 0.717) is 18.1 Å². The maximum absolute atomic E-state index is 4.72. The van der Waals surface area contributed by atoms with E-state index in [-0.39, 0.29) is 0 Å². The van der Waals surface area contributed by atoms with Crippen molar-refractivity contribution in [3.8, 4) is 11.4 Å². The van der Waals surface area contributed by atoms with E-state index in [1.165, 1.54) is 0 Å². The smallest absolute Gasteiger partial charge is 0.161 e. The van der Waals surface area contributed by atoms with Gasteiger partial charge in [0, 0.05) is 21.3 Å². The molecule has 0 atom stereocenters. The zero-order valence-corrected chi connectivity index (χ0v) is 17.0. The maximum Gasteiger partial charge on any atom is 0.161 e. The molecule has 3 aromatic rings. The van der Waals surface area contributed by atoms with Crippen LogP contribution in [-0.4, -0.2) is 15.7 Å². The summed E-state index contributed by atoms with van der Waals surface area (Å²) in [5.41, 5.74) is 7.96. The highest BCUT2D eigenvalue weighted by Gasteiger charge is 2.12. The topological polar surface area (TPSA) is 50.2 Å². The molecule has 0 aliphatic heterocycles. The highest BCUT2D eigenvalue weighted by atomic mass is 79.9. The minimum atomic E-state index is 0.677. The van der Waals surface area contributed by atoms with Crippen molar-refractivity contribution >= 4 is 27.5 Å². The summed E-state index contributed by atoms with van der Waals surface area (Å²) in [6.07, 6.45) is 2.53. The molecule has 5 heteroatoms. The average molecular weight is 421 g/mol. The van der Waals surface area contributed by atoms with Crippen LogP contribution < -0.4 is 5.43 Å². The van der Waals surface area contributed by atoms with Gasteiger partial charge in [0.05, 0.1) is 5.71 Å². The van der Waals surface area contributed by atoms with Gasteiger partial charge in [-0.05, 0) is 38.0 Å². The summed E-state index contributed by atoms with van der Waals surface area (Å²) in [4.78, 5) is 9.38. The van der Waals surface area contributed by atoms with Crippen molar-refractivity contribution in [2.45, 2.75) is 20.3 Å². The number of anilines is 1. The van der Waals surface area contributed by atoms with Gasteiger partial charge in [-0.3, -0.25) is 5.43 Å². The molecule has 3 rings (SSSR count). The van der Waals surface area contributed by atoms with Gasteiger partial charge in [-0.1, -0.05) is 64.5 Å². The molecule has 0 amide bonds. The standard InChI is InChI=1S/C22H21BrN4/c1-4-8-20-16(3)24-21(18-9-6-5-7-10-18)25-22(20)27-26-15(2)17-11-13-19(23)14-12-17/h4-7,9-14H,1,8H2,2-3H3,(H,24,25,27)/b26-15-. The summed E-state index contributed by atoms with van der Waals surface area (Å²) in [5, 5.41) is 4.54. The number of nitrogens with one attached hydrogen (secondary N) is 1. The Morgan fingerprint density at radius 3 is 2.48 bits per heavy atom. The maximum atomic E-state index is 4.72. The number of rotatable bonds is 6. The lowest BCUT2D eigenvalue weighted by Crippen LogP contribution is -2.07. The van der Waals surface area contributed by atoms with Crippen LogP contribution in [0, 0.1) is 6.92 Å². The molecule has 1 aromatic heterocycles. The molecule has 27 heavy (non-hydrogen) atoms. The molecule has 0 spiro atoms. The normalized spacial score (nSPS) is 11.3. The molecule has 0 unspecified atom stereocenters. The molecule has 0 radical (unpaired) electrons. The second-order valence-electron chi connectivity index (χ2n) is 6.13. The Labute approximate surface area is 168 Å². The van der Waals surface area contributed by atoms with E-state index in [2.05, 4.69) is 38.0 Å². The highest BCUT2D eigenvalue weighted by molar-refractivity contribution is 9.10. The van der Waals surface area contributed by atoms with Crippen LogP contribution in [0.5, 0.6) is 0 Å². The Balaban J connectivity index is 1.96. The summed E-state index contributed by atoms with van der Waals surface area (Å²) < 4.78 is 1.04.